The molecule has 0 radical (unpaired) electrons. The minimum atomic E-state index is 0.0741. The summed E-state index contributed by atoms with van der Waals surface area (Å²) in [5.41, 5.74) is 0.615. The highest BCUT2D eigenvalue weighted by atomic mass is 35.5. The molecule has 0 fully saturated rings. The lowest BCUT2D eigenvalue weighted by Gasteiger charge is -2.23. The quantitative estimate of drug-likeness (QED) is 0.779. The van der Waals surface area contributed by atoms with Crippen LogP contribution in [-0.4, -0.2) is 45.0 Å². The van der Waals surface area contributed by atoms with Gasteiger partial charge in [0, 0.05) is 13.1 Å². The van der Waals surface area contributed by atoms with Crippen molar-refractivity contribution in [2.24, 2.45) is 0 Å². The van der Waals surface area contributed by atoms with Gasteiger partial charge >= 0.3 is 0 Å². The maximum absolute atomic E-state index is 9.15. The third-order valence-corrected chi connectivity index (χ3v) is 2.88. The second-order valence-corrected chi connectivity index (χ2v) is 4.35. The van der Waals surface area contributed by atoms with E-state index in [2.05, 4.69) is 27.1 Å². The summed E-state index contributed by atoms with van der Waals surface area (Å²) in [6.45, 7) is 3.54. The minimum Gasteiger partial charge on any atom is -0.395 e. The summed E-state index contributed by atoms with van der Waals surface area (Å²) in [7, 11) is 0. The number of aromatic nitrogens is 4. The van der Waals surface area contributed by atoms with E-state index in [1.807, 2.05) is 4.90 Å². The van der Waals surface area contributed by atoms with Crippen molar-refractivity contribution in [1.29, 1.82) is 0 Å². The highest BCUT2D eigenvalue weighted by Crippen LogP contribution is 2.23. The SMILES string of the molecule is CCCCN(CCO)c1nc(Cl)nc2[nH]ncc12. The number of aliphatic hydroxyl groups is 1. The molecule has 0 aliphatic heterocycles. The molecular formula is C11H16ClN5O. The van der Waals surface area contributed by atoms with Crippen LogP contribution in [0.5, 0.6) is 0 Å². The molecule has 0 atom stereocenters. The van der Waals surface area contributed by atoms with Crippen LogP contribution < -0.4 is 4.90 Å². The molecule has 2 heterocycles. The molecule has 0 saturated carbocycles. The molecule has 0 bridgehead atoms. The number of nitrogens with zero attached hydrogens (tertiary/aromatic N) is 4. The maximum atomic E-state index is 9.15. The Morgan fingerprint density at radius 3 is 2.94 bits per heavy atom. The van der Waals surface area contributed by atoms with Gasteiger partial charge in [-0.25, -0.2) is 0 Å². The van der Waals surface area contributed by atoms with E-state index in [1.165, 1.54) is 0 Å². The summed E-state index contributed by atoms with van der Waals surface area (Å²) >= 11 is 5.90. The van der Waals surface area contributed by atoms with Gasteiger partial charge in [-0.3, -0.25) is 5.10 Å². The number of hydrogen-bond donors (Lipinski definition) is 2. The topological polar surface area (TPSA) is 77.9 Å². The molecule has 2 rings (SSSR count). The molecule has 0 aliphatic rings. The van der Waals surface area contributed by atoms with E-state index in [0.717, 1.165) is 30.6 Å². The van der Waals surface area contributed by atoms with Crippen LogP contribution in [0, 0.1) is 0 Å². The second kappa shape index (κ2) is 5.97. The first-order chi connectivity index (χ1) is 8.76. The number of rotatable bonds is 6. The summed E-state index contributed by atoms with van der Waals surface area (Å²) in [4.78, 5) is 10.3. The van der Waals surface area contributed by atoms with Gasteiger partial charge in [-0.2, -0.15) is 15.1 Å². The molecule has 98 valence electrons. The Morgan fingerprint density at radius 1 is 1.39 bits per heavy atom. The largest absolute Gasteiger partial charge is 0.395 e. The molecule has 2 aromatic heterocycles. The number of fused-ring (bicyclic) bond motifs is 1. The van der Waals surface area contributed by atoms with Gasteiger partial charge < -0.3 is 10.0 Å². The Morgan fingerprint density at radius 2 is 2.22 bits per heavy atom. The van der Waals surface area contributed by atoms with Gasteiger partial charge in [-0.05, 0) is 18.0 Å². The van der Waals surface area contributed by atoms with Gasteiger partial charge in [0.2, 0.25) is 5.28 Å². The van der Waals surface area contributed by atoms with Gasteiger partial charge in [0.1, 0.15) is 5.82 Å². The van der Waals surface area contributed by atoms with Crippen molar-refractivity contribution in [3.05, 3.63) is 11.5 Å². The predicted octanol–water partition coefficient (Wildman–Crippen LogP) is 1.61. The lowest BCUT2D eigenvalue weighted by Crippen LogP contribution is -2.28. The summed E-state index contributed by atoms with van der Waals surface area (Å²) < 4.78 is 0. The summed E-state index contributed by atoms with van der Waals surface area (Å²) in [6, 6.07) is 0. The minimum absolute atomic E-state index is 0.0741. The van der Waals surface area contributed by atoms with Crippen molar-refractivity contribution in [2.45, 2.75) is 19.8 Å². The molecule has 6 nitrogen and oxygen atoms in total. The van der Waals surface area contributed by atoms with Gasteiger partial charge in [0.25, 0.3) is 0 Å². The van der Waals surface area contributed by atoms with E-state index in [1.54, 1.807) is 6.20 Å². The first-order valence-electron chi connectivity index (χ1n) is 5.98. The van der Waals surface area contributed by atoms with Crippen LogP contribution in [-0.2, 0) is 0 Å². The van der Waals surface area contributed by atoms with E-state index in [0.29, 0.717) is 12.2 Å². The molecule has 0 aromatic carbocycles. The number of anilines is 1. The molecule has 2 aromatic rings. The van der Waals surface area contributed by atoms with Crippen molar-refractivity contribution in [1.82, 2.24) is 20.2 Å². The third-order valence-electron chi connectivity index (χ3n) is 2.71. The van der Waals surface area contributed by atoms with Crippen LogP contribution in [0.1, 0.15) is 19.8 Å². The number of H-pyrrole nitrogens is 1. The number of aliphatic hydroxyl groups excluding tert-OH is 1. The highest BCUT2D eigenvalue weighted by Gasteiger charge is 2.14. The number of hydrogen-bond acceptors (Lipinski definition) is 5. The van der Waals surface area contributed by atoms with Gasteiger partial charge in [0.05, 0.1) is 18.2 Å². The normalized spacial score (nSPS) is 11.1. The zero-order valence-corrected chi connectivity index (χ0v) is 11.0. The van der Waals surface area contributed by atoms with Crippen LogP contribution in [0.4, 0.5) is 5.82 Å². The van der Waals surface area contributed by atoms with Crippen molar-refractivity contribution in [3.63, 3.8) is 0 Å². The third kappa shape index (κ3) is 2.70. The van der Waals surface area contributed by atoms with Gasteiger partial charge in [-0.15, -0.1) is 0 Å². The summed E-state index contributed by atoms with van der Waals surface area (Å²) in [5, 5.41) is 16.9. The fourth-order valence-corrected chi connectivity index (χ4v) is 1.99. The zero-order valence-electron chi connectivity index (χ0n) is 10.2. The molecule has 2 N–H and O–H groups in total. The van der Waals surface area contributed by atoms with Crippen molar-refractivity contribution in [2.75, 3.05) is 24.6 Å². The average molecular weight is 270 g/mol. The molecule has 7 heteroatoms. The molecule has 0 saturated heterocycles. The van der Waals surface area contributed by atoms with E-state index < -0.39 is 0 Å². The molecule has 0 spiro atoms. The fraction of sp³-hybridized carbons (Fsp3) is 0.545. The number of halogens is 1. The molecule has 18 heavy (non-hydrogen) atoms. The lowest BCUT2D eigenvalue weighted by molar-refractivity contribution is 0.301. The van der Waals surface area contributed by atoms with E-state index >= 15 is 0 Å². The Hall–Kier alpha value is -1.40. The van der Waals surface area contributed by atoms with Crippen molar-refractivity contribution >= 4 is 28.5 Å². The zero-order chi connectivity index (χ0) is 13.0. The van der Waals surface area contributed by atoms with Crippen LogP contribution in [0.3, 0.4) is 0 Å². The maximum Gasteiger partial charge on any atom is 0.226 e. The number of aromatic amines is 1. The monoisotopic (exact) mass is 269 g/mol. The molecule has 0 unspecified atom stereocenters. The Bertz CT molecular complexity index is 515. The van der Waals surface area contributed by atoms with Crippen molar-refractivity contribution in [3.8, 4) is 0 Å². The molecule has 0 amide bonds. The van der Waals surface area contributed by atoms with Crippen LogP contribution in [0.2, 0.25) is 5.28 Å². The average Bonchev–Trinajstić information content (AvgIpc) is 2.81. The lowest BCUT2D eigenvalue weighted by atomic mass is 10.3. The summed E-state index contributed by atoms with van der Waals surface area (Å²) in [5.74, 6) is 0.723. The Labute approximate surface area is 110 Å². The highest BCUT2D eigenvalue weighted by molar-refractivity contribution is 6.28. The summed E-state index contributed by atoms with van der Waals surface area (Å²) in [6.07, 6.45) is 3.79. The Kier molecular flexibility index (Phi) is 4.33. The first-order valence-corrected chi connectivity index (χ1v) is 6.36. The first kappa shape index (κ1) is 13.0. The van der Waals surface area contributed by atoms with E-state index in [-0.39, 0.29) is 11.9 Å². The van der Waals surface area contributed by atoms with Crippen LogP contribution in [0.25, 0.3) is 11.0 Å². The van der Waals surface area contributed by atoms with Gasteiger partial charge in [-0.1, -0.05) is 13.3 Å². The predicted molar refractivity (Wildman–Crippen MR) is 70.9 cm³/mol. The number of unbranched alkanes of at least 4 members (excludes halogenated alkanes) is 1. The number of nitrogens with one attached hydrogen (secondary N) is 1. The van der Waals surface area contributed by atoms with E-state index in [9.17, 15) is 0 Å². The van der Waals surface area contributed by atoms with Crippen LogP contribution >= 0.6 is 11.6 Å². The standard InChI is InChI=1S/C11H16ClN5O/c1-2-3-4-17(5-6-18)10-8-7-13-16-9(8)14-11(12)15-10/h7,18H,2-6H2,1H3,(H,13,14,15,16). The Balaban J connectivity index is 2.38. The van der Waals surface area contributed by atoms with E-state index in [4.69, 9.17) is 16.7 Å². The van der Waals surface area contributed by atoms with Crippen LogP contribution in [0.15, 0.2) is 6.20 Å². The smallest absolute Gasteiger partial charge is 0.226 e. The van der Waals surface area contributed by atoms with Gasteiger partial charge in [0.15, 0.2) is 5.65 Å². The fourth-order valence-electron chi connectivity index (χ4n) is 1.83. The van der Waals surface area contributed by atoms with Crippen molar-refractivity contribution < 1.29 is 5.11 Å². The second-order valence-electron chi connectivity index (χ2n) is 4.01. The molecular weight excluding hydrogens is 254 g/mol. The molecule has 0 aliphatic carbocycles.